The Labute approximate surface area is 220 Å². The number of aliphatic hydroxyl groups is 1. The van der Waals surface area contributed by atoms with Crippen LogP contribution in [0, 0.1) is 11.7 Å². The Hall–Kier alpha value is -3.18. The first-order valence-corrected chi connectivity index (χ1v) is 13.1. The molecule has 186 valence electrons. The third kappa shape index (κ3) is 5.96. The summed E-state index contributed by atoms with van der Waals surface area (Å²) in [6.45, 7) is 1.77. The van der Waals surface area contributed by atoms with E-state index >= 15 is 0 Å². The zero-order valence-corrected chi connectivity index (χ0v) is 21.5. The van der Waals surface area contributed by atoms with E-state index in [4.69, 9.17) is 16.7 Å². The molecule has 2 heterocycles. The monoisotopic (exact) mass is 544 g/mol. The van der Waals surface area contributed by atoms with Gasteiger partial charge in [-0.05, 0) is 47.5 Å². The van der Waals surface area contributed by atoms with Crippen LogP contribution in [0.4, 0.5) is 9.52 Å². The number of aromatic nitrogens is 2. The topological polar surface area (TPSA) is 104 Å². The minimum atomic E-state index is -0.539. The largest absolute Gasteiger partial charge is 0.395 e. The Morgan fingerprint density at radius 2 is 2.00 bits per heavy atom. The zero-order valence-electron chi connectivity index (χ0n) is 19.1. The number of carbonyl (C=O) groups is 2. The molecular formula is C25H22ClFN4O3S2. The van der Waals surface area contributed by atoms with Crippen LogP contribution in [0.2, 0.25) is 5.02 Å². The van der Waals surface area contributed by atoms with Crippen molar-refractivity contribution in [2.24, 2.45) is 5.92 Å². The van der Waals surface area contributed by atoms with Crippen LogP contribution in [0.1, 0.15) is 33.6 Å². The predicted molar refractivity (Wildman–Crippen MR) is 140 cm³/mol. The first kappa shape index (κ1) is 25.9. The number of benzene rings is 2. The number of rotatable bonds is 9. The highest BCUT2D eigenvalue weighted by Crippen LogP contribution is 2.40. The van der Waals surface area contributed by atoms with Gasteiger partial charge >= 0.3 is 0 Å². The van der Waals surface area contributed by atoms with Crippen LogP contribution in [-0.2, 0) is 4.79 Å². The van der Waals surface area contributed by atoms with Gasteiger partial charge in [-0.1, -0.05) is 48.1 Å². The van der Waals surface area contributed by atoms with E-state index in [9.17, 15) is 14.0 Å². The van der Waals surface area contributed by atoms with Gasteiger partial charge in [-0.2, -0.15) is 0 Å². The van der Waals surface area contributed by atoms with Crippen LogP contribution in [-0.4, -0.2) is 40.3 Å². The van der Waals surface area contributed by atoms with Gasteiger partial charge in [0.25, 0.3) is 5.91 Å². The van der Waals surface area contributed by atoms with E-state index in [2.05, 4.69) is 20.8 Å². The van der Waals surface area contributed by atoms with Gasteiger partial charge in [-0.15, -0.1) is 21.5 Å². The van der Waals surface area contributed by atoms with Crippen LogP contribution in [0.15, 0.2) is 60.1 Å². The molecule has 2 aromatic heterocycles. The summed E-state index contributed by atoms with van der Waals surface area (Å²) in [5, 5.41) is 22.6. The molecule has 0 radical (unpaired) electrons. The second-order valence-electron chi connectivity index (χ2n) is 7.93. The zero-order chi connectivity index (χ0) is 25.7. The quantitative estimate of drug-likeness (QED) is 0.269. The summed E-state index contributed by atoms with van der Waals surface area (Å²) in [7, 11) is 0. The highest BCUT2D eigenvalue weighted by Gasteiger charge is 2.29. The van der Waals surface area contributed by atoms with Crippen LogP contribution in [0.5, 0.6) is 0 Å². The van der Waals surface area contributed by atoms with Crippen LogP contribution >= 0.6 is 34.3 Å². The average Bonchev–Trinajstić information content (AvgIpc) is 3.55. The molecule has 2 aromatic carbocycles. The second kappa shape index (κ2) is 11.7. The third-order valence-electron chi connectivity index (χ3n) is 5.54. The molecule has 4 aromatic rings. The van der Waals surface area contributed by atoms with Crippen molar-refractivity contribution < 1.29 is 19.1 Å². The molecule has 0 aliphatic heterocycles. The molecule has 0 unspecified atom stereocenters. The van der Waals surface area contributed by atoms with E-state index in [0.717, 1.165) is 15.3 Å². The van der Waals surface area contributed by atoms with Crippen LogP contribution < -0.4 is 10.6 Å². The van der Waals surface area contributed by atoms with Crippen molar-refractivity contribution in [3.63, 3.8) is 0 Å². The molecule has 0 spiro atoms. The Bertz CT molecular complexity index is 1360. The Balaban J connectivity index is 1.64. The fraction of sp³-hybridized carbons (Fsp3) is 0.200. The fourth-order valence-electron chi connectivity index (χ4n) is 3.79. The van der Waals surface area contributed by atoms with Gasteiger partial charge in [0.1, 0.15) is 11.3 Å². The van der Waals surface area contributed by atoms with Gasteiger partial charge in [0.05, 0.1) is 17.2 Å². The SMILES string of the molecule is C[C@@H](C(=O)Nc1nncs1)[C@@H](c1cccc(F)c1)c1ccc(-c2ccc(C(=O)NCCO)c(Cl)c2)s1. The maximum absolute atomic E-state index is 14.1. The summed E-state index contributed by atoms with van der Waals surface area (Å²) in [4.78, 5) is 27.0. The first-order valence-electron chi connectivity index (χ1n) is 11.0. The maximum atomic E-state index is 14.1. The Kier molecular flexibility index (Phi) is 8.42. The predicted octanol–water partition coefficient (Wildman–Crippen LogP) is 5.19. The van der Waals surface area contributed by atoms with Gasteiger partial charge in [-0.25, -0.2) is 4.39 Å². The summed E-state index contributed by atoms with van der Waals surface area (Å²) in [5.41, 5.74) is 3.32. The lowest BCUT2D eigenvalue weighted by Gasteiger charge is -2.22. The first-order chi connectivity index (χ1) is 17.4. The molecule has 2 atom stereocenters. The summed E-state index contributed by atoms with van der Waals surface area (Å²) in [6, 6.07) is 15.2. The number of nitrogens with one attached hydrogen (secondary N) is 2. The lowest BCUT2D eigenvalue weighted by atomic mass is 9.85. The van der Waals surface area contributed by atoms with Crippen molar-refractivity contribution in [3.8, 4) is 10.4 Å². The number of hydrogen-bond donors (Lipinski definition) is 3. The van der Waals surface area contributed by atoms with Crippen molar-refractivity contribution in [2.75, 3.05) is 18.5 Å². The maximum Gasteiger partial charge on any atom is 0.252 e. The summed E-state index contributed by atoms with van der Waals surface area (Å²) < 4.78 is 14.1. The van der Waals surface area contributed by atoms with Crippen molar-refractivity contribution in [2.45, 2.75) is 12.8 Å². The molecule has 4 rings (SSSR count). The van der Waals surface area contributed by atoms with Crippen molar-refractivity contribution in [1.82, 2.24) is 15.5 Å². The fourth-order valence-corrected chi connectivity index (χ4v) is 5.74. The number of carbonyl (C=O) groups excluding carboxylic acids is 2. The van der Waals surface area contributed by atoms with E-state index in [1.165, 1.54) is 40.3 Å². The molecule has 0 aliphatic rings. The Morgan fingerprint density at radius 1 is 1.17 bits per heavy atom. The summed E-state index contributed by atoms with van der Waals surface area (Å²) in [5.74, 6) is -1.95. The molecule has 0 aliphatic carbocycles. The molecule has 3 N–H and O–H groups in total. The summed E-state index contributed by atoms with van der Waals surface area (Å²) >= 11 is 9.06. The third-order valence-corrected chi connectivity index (χ3v) is 7.68. The number of hydrogen-bond acceptors (Lipinski definition) is 7. The van der Waals surface area contributed by atoms with Crippen molar-refractivity contribution in [3.05, 3.63) is 87.0 Å². The lowest BCUT2D eigenvalue weighted by Crippen LogP contribution is -2.26. The van der Waals surface area contributed by atoms with Crippen molar-refractivity contribution >= 4 is 51.2 Å². The normalized spacial score (nSPS) is 12.7. The van der Waals surface area contributed by atoms with E-state index < -0.39 is 11.8 Å². The van der Waals surface area contributed by atoms with Crippen LogP contribution in [0.25, 0.3) is 10.4 Å². The van der Waals surface area contributed by atoms with Gasteiger partial charge < -0.3 is 15.7 Å². The minimum absolute atomic E-state index is 0.136. The smallest absolute Gasteiger partial charge is 0.252 e. The van der Waals surface area contributed by atoms with Crippen LogP contribution in [0.3, 0.4) is 0 Å². The van der Waals surface area contributed by atoms with E-state index in [0.29, 0.717) is 16.3 Å². The second-order valence-corrected chi connectivity index (χ2v) is 10.3. The lowest BCUT2D eigenvalue weighted by molar-refractivity contribution is -0.119. The number of amides is 2. The molecule has 0 saturated carbocycles. The number of nitrogens with zero attached hydrogens (tertiary/aromatic N) is 2. The van der Waals surface area contributed by atoms with Crippen molar-refractivity contribution in [1.29, 1.82) is 0 Å². The minimum Gasteiger partial charge on any atom is -0.395 e. The molecule has 0 fully saturated rings. The molecule has 0 saturated heterocycles. The molecular weight excluding hydrogens is 523 g/mol. The molecule has 0 bridgehead atoms. The highest BCUT2D eigenvalue weighted by molar-refractivity contribution is 7.15. The molecule has 7 nitrogen and oxygen atoms in total. The highest BCUT2D eigenvalue weighted by atomic mass is 35.5. The number of halogens is 2. The van der Waals surface area contributed by atoms with Gasteiger partial charge in [0.2, 0.25) is 11.0 Å². The van der Waals surface area contributed by atoms with Gasteiger partial charge in [0, 0.05) is 28.1 Å². The standard InChI is InChI=1S/C25H22ClFN4O3S2/c1-14(23(33)30-25-31-29-13-35-25)22(16-3-2-4-17(27)11-16)21-8-7-20(36-21)15-5-6-18(19(26)12-15)24(34)28-9-10-32/h2-8,11-14,22,32H,9-10H2,1H3,(H,28,34)(H,30,31,33)/t14-,22+/m1/s1. The van der Waals surface area contributed by atoms with Gasteiger partial charge in [0.15, 0.2) is 0 Å². The number of anilines is 1. The number of thiophene rings is 1. The molecule has 36 heavy (non-hydrogen) atoms. The molecule has 11 heteroatoms. The summed E-state index contributed by atoms with van der Waals surface area (Å²) in [6.07, 6.45) is 0. The number of aliphatic hydroxyl groups excluding tert-OH is 1. The Morgan fingerprint density at radius 3 is 2.69 bits per heavy atom. The van der Waals surface area contributed by atoms with E-state index in [1.54, 1.807) is 37.3 Å². The average molecular weight is 545 g/mol. The van der Waals surface area contributed by atoms with Gasteiger partial charge in [-0.3, -0.25) is 9.59 Å². The van der Waals surface area contributed by atoms with E-state index in [-0.39, 0.29) is 35.8 Å². The van der Waals surface area contributed by atoms with E-state index in [1.807, 2.05) is 12.1 Å². The molecule has 2 amide bonds.